The summed E-state index contributed by atoms with van der Waals surface area (Å²) < 4.78 is 0. The van der Waals surface area contributed by atoms with Crippen molar-refractivity contribution in [3.63, 3.8) is 0 Å². The number of hydrogen-bond acceptors (Lipinski definition) is 2. The zero-order valence-corrected chi connectivity index (χ0v) is 7.21. The molecule has 1 aliphatic heterocycles. The molecule has 0 aromatic carbocycles. The molecule has 2 rings (SSSR count). The first-order valence-electron chi connectivity index (χ1n) is 3.51. The fourth-order valence-corrected chi connectivity index (χ4v) is 1.02. The second-order valence-electron chi connectivity index (χ2n) is 2.31. The van der Waals surface area contributed by atoms with Gasteiger partial charge in [0.05, 0.1) is 5.35 Å². The summed E-state index contributed by atoms with van der Waals surface area (Å²) in [7, 11) is 0. The topological polar surface area (TPSA) is 24.9 Å². The Morgan fingerprint density at radius 1 is 1.33 bits per heavy atom. The van der Waals surface area contributed by atoms with Crippen LogP contribution in [0.3, 0.4) is 0 Å². The summed E-state index contributed by atoms with van der Waals surface area (Å²) in [6.07, 6.45) is 9.52. The van der Waals surface area contributed by atoms with Gasteiger partial charge in [-0.05, 0) is 24.3 Å². The minimum atomic E-state index is 0. The van der Waals surface area contributed by atoms with Gasteiger partial charge in [-0.25, -0.2) is 0 Å². The molecule has 0 bridgehead atoms. The predicted octanol–water partition coefficient (Wildman–Crippen LogP) is 0.139. The van der Waals surface area contributed by atoms with Crippen LogP contribution >= 0.6 is 12.4 Å². The summed E-state index contributed by atoms with van der Waals surface area (Å²) in [5.41, 5.74) is 0. The lowest BCUT2D eigenvalue weighted by atomic mass is 10.3. The van der Waals surface area contributed by atoms with Gasteiger partial charge in [-0.1, -0.05) is 0 Å². The van der Waals surface area contributed by atoms with Gasteiger partial charge >= 0.3 is 0 Å². The van der Waals surface area contributed by atoms with E-state index in [-0.39, 0.29) is 12.4 Å². The summed E-state index contributed by atoms with van der Waals surface area (Å²) in [5.74, 6) is 0. The number of fused-ring (bicyclic) bond motifs is 1. The van der Waals surface area contributed by atoms with E-state index < -0.39 is 0 Å². The van der Waals surface area contributed by atoms with Crippen molar-refractivity contribution < 1.29 is 0 Å². The fourth-order valence-electron chi connectivity index (χ4n) is 1.02. The van der Waals surface area contributed by atoms with Crippen LogP contribution in [0.2, 0.25) is 0 Å². The van der Waals surface area contributed by atoms with E-state index in [1.54, 1.807) is 6.20 Å². The van der Waals surface area contributed by atoms with E-state index in [4.69, 9.17) is 0 Å². The molecule has 0 unspecified atom stereocenters. The Balaban J connectivity index is 0.000000720. The second kappa shape index (κ2) is 3.93. The molecule has 0 radical (unpaired) electrons. The number of nitrogens with one attached hydrogen (secondary N) is 1. The Morgan fingerprint density at radius 2 is 2.25 bits per heavy atom. The van der Waals surface area contributed by atoms with E-state index in [0.717, 1.165) is 10.6 Å². The molecule has 0 aliphatic carbocycles. The number of pyridine rings is 1. The van der Waals surface area contributed by atoms with Crippen LogP contribution < -0.4 is 15.9 Å². The molecule has 2 nitrogen and oxygen atoms in total. The molecule has 0 spiro atoms. The quantitative estimate of drug-likeness (QED) is 0.615. The maximum atomic E-state index is 4.20. The third-order valence-corrected chi connectivity index (χ3v) is 1.56. The zero-order chi connectivity index (χ0) is 7.52. The van der Waals surface area contributed by atoms with Crippen LogP contribution in [-0.2, 0) is 0 Å². The first kappa shape index (κ1) is 8.81. The van der Waals surface area contributed by atoms with Gasteiger partial charge in [0, 0.05) is 23.8 Å². The summed E-state index contributed by atoms with van der Waals surface area (Å²) in [4.78, 5) is 4.20. The van der Waals surface area contributed by atoms with Gasteiger partial charge in [0.25, 0.3) is 0 Å². The van der Waals surface area contributed by atoms with Crippen molar-refractivity contribution in [1.29, 1.82) is 0 Å². The summed E-state index contributed by atoms with van der Waals surface area (Å²) in [5, 5.41) is 5.16. The molecule has 3 heteroatoms. The van der Waals surface area contributed by atoms with Crippen molar-refractivity contribution in [3.8, 4) is 0 Å². The molecule has 1 aromatic rings. The lowest BCUT2D eigenvalue weighted by molar-refractivity contribution is 1.20. The third-order valence-electron chi connectivity index (χ3n) is 1.56. The van der Waals surface area contributed by atoms with Crippen molar-refractivity contribution in [3.05, 3.63) is 41.2 Å². The molecule has 12 heavy (non-hydrogen) atoms. The van der Waals surface area contributed by atoms with Crippen molar-refractivity contribution in [2.75, 3.05) is 0 Å². The highest BCUT2D eigenvalue weighted by Crippen LogP contribution is 1.74. The van der Waals surface area contributed by atoms with Crippen LogP contribution in [0.4, 0.5) is 0 Å². The summed E-state index contributed by atoms with van der Waals surface area (Å²) in [6.45, 7) is 0. The minimum Gasteiger partial charge on any atom is -0.367 e. The van der Waals surface area contributed by atoms with Gasteiger partial charge in [-0.2, -0.15) is 0 Å². The first-order chi connectivity index (χ1) is 5.47. The zero-order valence-electron chi connectivity index (χ0n) is 6.40. The molecular weight excluding hydrogens is 172 g/mol. The highest BCUT2D eigenvalue weighted by atomic mass is 35.5. The third kappa shape index (κ3) is 1.66. The number of rotatable bonds is 0. The Morgan fingerprint density at radius 3 is 3.17 bits per heavy atom. The van der Waals surface area contributed by atoms with Gasteiger partial charge in [0.15, 0.2) is 0 Å². The smallest absolute Gasteiger partial charge is 0.0717 e. The first-order valence-corrected chi connectivity index (χ1v) is 3.51. The monoisotopic (exact) mass is 180 g/mol. The standard InChI is InChI=1S/C9H8N2.ClH/c1-3-8-7-10-5-2-4-9(8)11-6-1;/h1-7,10H;1H. The summed E-state index contributed by atoms with van der Waals surface area (Å²) >= 11 is 0. The molecule has 62 valence electrons. The Kier molecular flexibility index (Phi) is 2.88. The van der Waals surface area contributed by atoms with Gasteiger partial charge in [0.2, 0.25) is 0 Å². The van der Waals surface area contributed by atoms with Gasteiger partial charge in [0.1, 0.15) is 0 Å². The average molecular weight is 181 g/mol. The van der Waals surface area contributed by atoms with Crippen LogP contribution in [0.15, 0.2) is 30.6 Å². The Bertz CT molecular complexity index is 395. The van der Waals surface area contributed by atoms with E-state index in [0.29, 0.717) is 0 Å². The Labute approximate surface area is 76.7 Å². The van der Waals surface area contributed by atoms with Crippen molar-refractivity contribution in [1.82, 2.24) is 10.3 Å². The number of halogens is 1. The molecule has 0 fully saturated rings. The summed E-state index contributed by atoms with van der Waals surface area (Å²) in [6, 6.07) is 3.95. The van der Waals surface area contributed by atoms with E-state index in [1.807, 2.05) is 36.7 Å². The average Bonchev–Trinajstić information content (AvgIpc) is 2.28. The SMILES string of the molecule is C1=CNC=c2cccnc2=C1.Cl. The lowest BCUT2D eigenvalue weighted by Crippen LogP contribution is -2.27. The number of allylic oxidation sites excluding steroid dienone is 1. The van der Waals surface area contributed by atoms with Crippen molar-refractivity contribution in [2.45, 2.75) is 0 Å². The van der Waals surface area contributed by atoms with Crippen LogP contribution in [0.25, 0.3) is 12.3 Å². The maximum Gasteiger partial charge on any atom is 0.0717 e. The normalized spacial score (nSPS) is 12.3. The predicted molar refractivity (Wildman–Crippen MR) is 51.9 cm³/mol. The van der Waals surface area contributed by atoms with Gasteiger partial charge in [-0.15, -0.1) is 12.4 Å². The van der Waals surface area contributed by atoms with Crippen LogP contribution in [0.1, 0.15) is 0 Å². The molecule has 0 amide bonds. The van der Waals surface area contributed by atoms with Crippen LogP contribution in [0.5, 0.6) is 0 Å². The highest BCUT2D eigenvalue weighted by Gasteiger charge is 1.84. The number of nitrogens with zero attached hydrogens (tertiary/aromatic N) is 1. The van der Waals surface area contributed by atoms with Crippen molar-refractivity contribution >= 4 is 24.7 Å². The molecule has 0 saturated carbocycles. The maximum absolute atomic E-state index is 4.20. The molecule has 1 N–H and O–H groups in total. The fraction of sp³-hybridized carbons (Fsp3) is 0. The van der Waals surface area contributed by atoms with E-state index in [1.165, 1.54) is 0 Å². The van der Waals surface area contributed by atoms with E-state index in [2.05, 4.69) is 10.3 Å². The Hall–Kier alpha value is -1.28. The largest absolute Gasteiger partial charge is 0.367 e. The molecule has 1 aromatic heterocycles. The highest BCUT2D eigenvalue weighted by molar-refractivity contribution is 5.85. The van der Waals surface area contributed by atoms with Gasteiger partial charge in [-0.3, -0.25) is 4.98 Å². The van der Waals surface area contributed by atoms with Gasteiger partial charge < -0.3 is 5.32 Å². The van der Waals surface area contributed by atoms with Crippen LogP contribution in [0, 0.1) is 0 Å². The van der Waals surface area contributed by atoms with Crippen LogP contribution in [-0.4, -0.2) is 4.98 Å². The molecule has 0 saturated heterocycles. The second-order valence-corrected chi connectivity index (χ2v) is 2.31. The van der Waals surface area contributed by atoms with E-state index in [9.17, 15) is 0 Å². The molecular formula is C9H9ClN2. The molecule has 2 heterocycles. The number of hydrogen-bond donors (Lipinski definition) is 1. The van der Waals surface area contributed by atoms with Crippen molar-refractivity contribution in [2.24, 2.45) is 0 Å². The molecule has 0 atom stereocenters. The number of aromatic nitrogens is 1. The minimum absolute atomic E-state index is 0. The lowest BCUT2D eigenvalue weighted by Gasteiger charge is -1.86. The molecule has 1 aliphatic rings. The van der Waals surface area contributed by atoms with E-state index >= 15 is 0 Å².